The number of piperidine rings is 1. The largest absolute Gasteiger partial charge is 0.466 e. The first-order chi connectivity index (χ1) is 12.7. The molecule has 2 rings (SSSR count). The molecule has 1 aromatic rings. The van der Waals surface area contributed by atoms with E-state index >= 15 is 0 Å². The first-order valence-corrected chi connectivity index (χ1v) is 8.37. The monoisotopic (exact) mass is 384 g/mol. The van der Waals surface area contributed by atoms with Crippen molar-refractivity contribution >= 4 is 11.9 Å². The van der Waals surface area contributed by atoms with Crippen LogP contribution >= 0.6 is 0 Å². The molecule has 1 aliphatic rings. The zero-order chi connectivity index (χ0) is 20.2. The second-order valence-electron chi connectivity index (χ2n) is 5.93. The van der Waals surface area contributed by atoms with Crippen LogP contribution in [0, 0.1) is 23.2 Å². The van der Waals surface area contributed by atoms with E-state index in [0.29, 0.717) is 0 Å². The van der Waals surface area contributed by atoms with E-state index in [1.165, 1.54) is 26.0 Å². The molecular weight excluding hydrogens is 365 g/mol. The van der Waals surface area contributed by atoms with E-state index in [9.17, 15) is 28.0 Å². The fourth-order valence-corrected chi connectivity index (χ4v) is 3.37. The van der Waals surface area contributed by atoms with Crippen LogP contribution in [0.3, 0.4) is 0 Å². The average Bonchev–Trinajstić information content (AvgIpc) is 2.61. The molecule has 0 aliphatic carbocycles. The van der Waals surface area contributed by atoms with Gasteiger partial charge in [-0.25, -0.2) is 0 Å². The van der Waals surface area contributed by atoms with Crippen molar-refractivity contribution in [3.63, 3.8) is 0 Å². The lowest BCUT2D eigenvalue weighted by Crippen LogP contribution is -2.72. The summed E-state index contributed by atoms with van der Waals surface area (Å²) in [5.74, 6) is -7.24. The summed E-state index contributed by atoms with van der Waals surface area (Å²) in [5, 5.41) is 11.2. The Labute approximate surface area is 154 Å². The van der Waals surface area contributed by atoms with Gasteiger partial charge in [-0.3, -0.25) is 9.59 Å². The molecule has 4 unspecified atom stereocenters. The lowest BCUT2D eigenvalue weighted by Gasteiger charge is -2.48. The van der Waals surface area contributed by atoms with Gasteiger partial charge in [0.15, 0.2) is 0 Å². The first kappa shape index (κ1) is 20.7. The topological polar surface area (TPSA) is 88.4 Å². The Kier molecular flexibility index (Phi) is 6.11. The molecule has 1 heterocycles. The summed E-state index contributed by atoms with van der Waals surface area (Å²) in [6, 6.07) is 9.38. The molecule has 1 fully saturated rings. The minimum Gasteiger partial charge on any atom is -0.466 e. The van der Waals surface area contributed by atoms with Crippen LogP contribution in [0.15, 0.2) is 30.3 Å². The summed E-state index contributed by atoms with van der Waals surface area (Å²) in [6.07, 6.45) is -5.12. The van der Waals surface area contributed by atoms with E-state index in [1.807, 2.05) is 0 Å². The highest BCUT2D eigenvalue weighted by molar-refractivity contribution is 5.88. The molecule has 6 nitrogen and oxygen atoms in total. The van der Waals surface area contributed by atoms with Gasteiger partial charge in [-0.1, -0.05) is 30.3 Å². The zero-order valence-electron chi connectivity index (χ0n) is 14.7. The highest BCUT2D eigenvalue weighted by Gasteiger charge is 2.70. The van der Waals surface area contributed by atoms with Crippen molar-refractivity contribution < 1.29 is 32.2 Å². The standard InChI is InChI=1S/C18H19F3N2O4/c1-3-26-16(25)14-13(11-8-6-5-7-9-11)12(10-22)15(24)23-17(14,27-4-2)18(19,20)21/h5-9,12-14H,3-4H2,1-2H3,(H,23,24). The normalized spacial score (nSPS) is 28.1. The van der Waals surface area contributed by atoms with Crippen molar-refractivity contribution in [3.05, 3.63) is 35.9 Å². The highest BCUT2D eigenvalue weighted by Crippen LogP contribution is 2.50. The lowest BCUT2D eigenvalue weighted by atomic mass is 9.68. The summed E-state index contributed by atoms with van der Waals surface area (Å²) in [5.41, 5.74) is -3.05. The van der Waals surface area contributed by atoms with Gasteiger partial charge in [0.1, 0.15) is 11.8 Å². The predicted molar refractivity (Wildman–Crippen MR) is 87.0 cm³/mol. The van der Waals surface area contributed by atoms with Gasteiger partial charge in [0.05, 0.1) is 12.7 Å². The number of benzene rings is 1. The number of nitrogens with one attached hydrogen (secondary N) is 1. The summed E-state index contributed by atoms with van der Waals surface area (Å²) >= 11 is 0. The van der Waals surface area contributed by atoms with E-state index in [-0.39, 0.29) is 12.2 Å². The van der Waals surface area contributed by atoms with Crippen LogP contribution in [0.4, 0.5) is 13.2 Å². The molecule has 1 saturated heterocycles. The Morgan fingerprint density at radius 3 is 2.37 bits per heavy atom. The number of esters is 1. The molecule has 0 aromatic heterocycles. The Hall–Kier alpha value is -2.60. The second-order valence-corrected chi connectivity index (χ2v) is 5.93. The van der Waals surface area contributed by atoms with Crippen LogP contribution < -0.4 is 5.32 Å². The maximum Gasteiger partial charge on any atom is 0.437 e. The van der Waals surface area contributed by atoms with Crippen molar-refractivity contribution in [2.75, 3.05) is 13.2 Å². The molecule has 1 amide bonds. The zero-order valence-corrected chi connectivity index (χ0v) is 14.7. The van der Waals surface area contributed by atoms with Gasteiger partial charge in [-0.15, -0.1) is 0 Å². The minimum absolute atomic E-state index is 0.165. The first-order valence-electron chi connectivity index (χ1n) is 8.37. The van der Waals surface area contributed by atoms with Crippen LogP contribution in [-0.4, -0.2) is 37.0 Å². The molecule has 0 radical (unpaired) electrons. The Bertz CT molecular complexity index is 732. The Balaban J connectivity index is 2.76. The Morgan fingerprint density at radius 1 is 1.26 bits per heavy atom. The molecule has 0 bridgehead atoms. The molecule has 4 atom stereocenters. The number of ether oxygens (including phenoxy) is 2. The molecule has 1 aliphatic heterocycles. The summed E-state index contributed by atoms with van der Waals surface area (Å²) in [7, 11) is 0. The van der Waals surface area contributed by atoms with Crippen molar-refractivity contribution in [2.24, 2.45) is 11.8 Å². The molecule has 1 N–H and O–H groups in total. The SMILES string of the molecule is CCOC(=O)C1C(c2ccccc2)C(C#N)C(=O)NC1(OCC)C(F)(F)F. The number of hydrogen-bond donors (Lipinski definition) is 1. The maximum atomic E-state index is 14.1. The molecule has 9 heteroatoms. The quantitative estimate of drug-likeness (QED) is 0.788. The van der Waals surface area contributed by atoms with Crippen molar-refractivity contribution in [1.29, 1.82) is 5.26 Å². The average molecular weight is 384 g/mol. The smallest absolute Gasteiger partial charge is 0.437 e. The van der Waals surface area contributed by atoms with Crippen LogP contribution in [0.25, 0.3) is 0 Å². The minimum atomic E-state index is -5.12. The van der Waals surface area contributed by atoms with E-state index < -0.39 is 48.1 Å². The van der Waals surface area contributed by atoms with Gasteiger partial charge >= 0.3 is 12.1 Å². The number of alkyl halides is 3. The van der Waals surface area contributed by atoms with Crippen molar-refractivity contribution in [1.82, 2.24) is 5.32 Å². The van der Waals surface area contributed by atoms with E-state index in [1.54, 1.807) is 29.6 Å². The third-order valence-electron chi connectivity index (χ3n) is 4.40. The van der Waals surface area contributed by atoms with E-state index in [2.05, 4.69) is 0 Å². The van der Waals surface area contributed by atoms with Crippen molar-refractivity contribution in [3.8, 4) is 6.07 Å². The molecule has 1 aromatic carbocycles. The molecule has 146 valence electrons. The summed E-state index contributed by atoms with van der Waals surface area (Å²) < 4.78 is 52.1. The van der Waals surface area contributed by atoms with Gasteiger partial charge in [-0.05, 0) is 19.4 Å². The predicted octanol–water partition coefficient (Wildman–Crippen LogP) is 2.51. The number of nitrogens with zero attached hydrogens (tertiary/aromatic N) is 1. The number of nitriles is 1. The maximum absolute atomic E-state index is 14.1. The van der Waals surface area contributed by atoms with Crippen molar-refractivity contribution in [2.45, 2.75) is 31.7 Å². The van der Waals surface area contributed by atoms with Crippen LogP contribution in [0.5, 0.6) is 0 Å². The number of rotatable bonds is 5. The number of halogens is 3. The lowest BCUT2D eigenvalue weighted by molar-refractivity contribution is -0.313. The number of carbonyl (C=O) groups is 2. The highest BCUT2D eigenvalue weighted by atomic mass is 19.4. The summed E-state index contributed by atoms with van der Waals surface area (Å²) in [6.45, 7) is 2.18. The molecule has 0 saturated carbocycles. The molecular formula is C18H19F3N2O4. The van der Waals surface area contributed by atoms with Crippen LogP contribution in [0.2, 0.25) is 0 Å². The molecule has 27 heavy (non-hydrogen) atoms. The third-order valence-corrected chi connectivity index (χ3v) is 4.40. The number of carbonyl (C=O) groups excluding carboxylic acids is 2. The number of hydrogen-bond acceptors (Lipinski definition) is 5. The second kappa shape index (κ2) is 7.96. The van der Waals surface area contributed by atoms with Gasteiger partial charge < -0.3 is 14.8 Å². The summed E-state index contributed by atoms with van der Waals surface area (Å²) in [4.78, 5) is 25.0. The van der Waals surface area contributed by atoms with Gasteiger partial charge in [0, 0.05) is 12.5 Å². The fourth-order valence-electron chi connectivity index (χ4n) is 3.37. The van der Waals surface area contributed by atoms with Gasteiger partial charge in [-0.2, -0.15) is 18.4 Å². The van der Waals surface area contributed by atoms with E-state index in [0.717, 1.165) is 0 Å². The van der Waals surface area contributed by atoms with Crippen LogP contribution in [-0.2, 0) is 19.1 Å². The number of amides is 1. The van der Waals surface area contributed by atoms with E-state index in [4.69, 9.17) is 9.47 Å². The Morgan fingerprint density at radius 2 is 1.89 bits per heavy atom. The van der Waals surface area contributed by atoms with Crippen LogP contribution in [0.1, 0.15) is 25.3 Å². The fraction of sp³-hybridized carbons (Fsp3) is 0.500. The van der Waals surface area contributed by atoms with Gasteiger partial charge in [0.2, 0.25) is 5.91 Å². The van der Waals surface area contributed by atoms with Gasteiger partial charge in [0.25, 0.3) is 5.72 Å². The third kappa shape index (κ3) is 3.62. The molecule has 0 spiro atoms.